The Labute approximate surface area is 176 Å². The molecule has 2 aromatic rings. The number of ether oxygens (including phenoxy) is 1. The summed E-state index contributed by atoms with van der Waals surface area (Å²) in [5, 5.41) is -0.214. The number of halogens is 1. The highest BCUT2D eigenvalue weighted by Gasteiger charge is 2.34. The number of carbonyl (C=O) groups is 2. The highest BCUT2D eigenvalue weighted by molar-refractivity contribution is 14.1. The van der Waals surface area contributed by atoms with Crippen molar-refractivity contribution >= 4 is 51.6 Å². The van der Waals surface area contributed by atoms with Crippen molar-refractivity contribution in [1.29, 1.82) is 0 Å². The Hall–Kier alpha value is -1.58. The summed E-state index contributed by atoms with van der Waals surface area (Å²) < 4.78 is 8.34. The van der Waals surface area contributed by atoms with Crippen LogP contribution in [0.3, 0.4) is 0 Å². The summed E-state index contributed by atoms with van der Waals surface area (Å²) in [5.41, 5.74) is 4.16. The molecule has 1 fully saturated rings. The van der Waals surface area contributed by atoms with E-state index in [0.717, 1.165) is 34.4 Å². The summed E-state index contributed by atoms with van der Waals surface area (Å²) in [6.07, 6.45) is 2.47. The Morgan fingerprint density at radius 1 is 1.19 bits per heavy atom. The van der Waals surface area contributed by atoms with Gasteiger partial charge in [-0.3, -0.25) is 14.5 Å². The summed E-state index contributed by atoms with van der Waals surface area (Å²) >= 11 is 3.29. The van der Waals surface area contributed by atoms with Gasteiger partial charge in [0.05, 0.1) is 4.91 Å². The van der Waals surface area contributed by atoms with E-state index in [0.29, 0.717) is 24.5 Å². The van der Waals surface area contributed by atoms with E-state index in [-0.39, 0.29) is 11.1 Å². The van der Waals surface area contributed by atoms with Gasteiger partial charge in [-0.1, -0.05) is 0 Å². The van der Waals surface area contributed by atoms with Crippen LogP contribution in [0.4, 0.5) is 4.79 Å². The van der Waals surface area contributed by atoms with E-state index in [9.17, 15) is 9.59 Å². The lowest BCUT2D eigenvalue weighted by atomic mass is 10.2. The predicted molar refractivity (Wildman–Crippen MR) is 117 cm³/mol. The van der Waals surface area contributed by atoms with Gasteiger partial charge in [0, 0.05) is 40.9 Å². The van der Waals surface area contributed by atoms with Gasteiger partial charge in [0.2, 0.25) is 0 Å². The van der Waals surface area contributed by atoms with Crippen molar-refractivity contribution in [2.24, 2.45) is 0 Å². The minimum Gasteiger partial charge on any atom is -0.385 e. The topological polar surface area (TPSA) is 51.5 Å². The zero-order valence-electron chi connectivity index (χ0n) is 15.5. The average molecular weight is 496 g/mol. The Morgan fingerprint density at radius 3 is 2.56 bits per heavy atom. The lowest BCUT2D eigenvalue weighted by Crippen LogP contribution is -2.29. The Bertz CT molecular complexity index is 903. The van der Waals surface area contributed by atoms with Gasteiger partial charge in [0.15, 0.2) is 0 Å². The fourth-order valence-corrected chi connectivity index (χ4v) is 4.34. The average Bonchev–Trinajstić information content (AvgIpc) is 3.06. The first-order valence-electron chi connectivity index (χ1n) is 8.61. The van der Waals surface area contributed by atoms with E-state index in [1.165, 1.54) is 8.47 Å². The Morgan fingerprint density at radius 2 is 1.89 bits per heavy atom. The monoisotopic (exact) mass is 496 g/mol. The summed E-state index contributed by atoms with van der Waals surface area (Å²) in [6.45, 7) is 4.98. The van der Waals surface area contributed by atoms with Crippen LogP contribution in [0.25, 0.3) is 11.8 Å². The molecule has 1 saturated heterocycles. The summed E-state index contributed by atoms with van der Waals surface area (Å²) in [7, 11) is 1.61. The number of nitrogens with zero attached hydrogens (tertiary/aromatic N) is 2. The number of methoxy groups -OCH3 is 1. The van der Waals surface area contributed by atoms with Crippen molar-refractivity contribution in [3.8, 4) is 5.69 Å². The molecule has 0 spiro atoms. The molecular formula is C20H21IN2O3S. The van der Waals surface area contributed by atoms with Crippen molar-refractivity contribution in [2.75, 3.05) is 20.3 Å². The first kappa shape index (κ1) is 20.2. The number of aromatic nitrogens is 1. The van der Waals surface area contributed by atoms with Gasteiger partial charge in [-0.15, -0.1) is 0 Å². The molecule has 0 bridgehead atoms. The molecule has 2 heterocycles. The molecule has 142 valence electrons. The minimum absolute atomic E-state index is 0.214. The maximum absolute atomic E-state index is 12.6. The van der Waals surface area contributed by atoms with Crippen LogP contribution in [0.2, 0.25) is 0 Å². The molecule has 27 heavy (non-hydrogen) atoms. The third kappa shape index (κ3) is 4.30. The van der Waals surface area contributed by atoms with Gasteiger partial charge < -0.3 is 9.30 Å². The molecule has 0 unspecified atom stereocenters. The first-order valence-corrected chi connectivity index (χ1v) is 10.5. The van der Waals surface area contributed by atoms with Crippen molar-refractivity contribution in [2.45, 2.75) is 20.3 Å². The number of rotatable bonds is 6. The molecule has 5 nitrogen and oxygen atoms in total. The van der Waals surface area contributed by atoms with E-state index in [1.807, 2.05) is 26.0 Å². The minimum atomic E-state index is -0.222. The molecule has 1 aromatic heterocycles. The van der Waals surface area contributed by atoms with E-state index < -0.39 is 0 Å². The van der Waals surface area contributed by atoms with E-state index in [4.69, 9.17) is 4.74 Å². The van der Waals surface area contributed by atoms with Crippen molar-refractivity contribution in [1.82, 2.24) is 9.47 Å². The second-order valence-electron chi connectivity index (χ2n) is 6.32. The number of benzene rings is 1. The quantitative estimate of drug-likeness (QED) is 0.329. The van der Waals surface area contributed by atoms with Crippen molar-refractivity contribution < 1.29 is 14.3 Å². The van der Waals surface area contributed by atoms with Gasteiger partial charge in [-0.05, 0) is 96.6 Å². The molecule has 3 rings (SSSR count). The zero-order valence-corrected chi connectivity index (χ0v) is 18.5. The maximum Gasteiger partial charge on any atom is 0.293 e. The van der Waals surface area contributed by atoms with Gasteiger partial charge in [0.25, 0.3) is 11.1 Å². The van der Waals surface area contributed by atoms with Crippen LogP contribution in [0.5, 0.6) is 0 Å². The van der Waals surface area contributed by atoms with Crippen LogP contribution in [0, 0.1) is 17.4 Å². The molecule has 0 radical (unpaired) electrons. The molecule has 1 aromatic carbocycles. The Balaban J connectivity index is 1.87. The number of imide groups is 1. The van der Waals surface area contributed by atoms with E-state index >= 15 is 0 Å². The first-order chi connectivity index (χ1) is 12.9. The van der Waals surface area contributed by atoms with Gasteiger partial charge in [0.1, 0.15) is 0 Å². The molecule has 0 N–H and O–H groups in total. The number of thioether (sulfide) groups is 1. The van der Waals surface area contributed by atoms with Crippen LogP contribution in [0.1, 0.15) is 23.4 Å². The molecule has 0 atom stereocenters. The molecule has 2 amide bonds. The lowest BCUT2D eigenvalue weighted by Gasteiger charge is -2.11. The van der Waals surface area contributed by atoms with E-state index in [2.05, 4.69) is 51.4 Å². The van der Waals surface area contributed by atoms with E-state index in [1.54, 1.807) is 7.11 Å². The predicted octanol–water partition coefficient (Wildman–Crippen LogP) is 4.77. The molecule has 7 heteroatoms. The third-order valence-electron chi connectivity index (χ3n) is 4.45. The van der Waals surface area contributed by atoms with Gasteiger partial charge in [-0.2, -0.15) is 0 Å². The lowest BCUT2D eigenvalue weighted by molar-refractivity contribution is -0.122. The van der Waals surface area contributed by atoms with Crippen molar-refractivity contribution in [3.05, 3.63) is 55.8 Å². The van der Waals surface area contributed by atoms with Gasteiger partial charge >= 0.3 is 0 Å². The fraction of sp³-hybridized carbons (Fsp3) is 0.300. The Kier molecular flexibility index (Phi) is 6.44. The largest absolute Gasteiger partial charge is 0.385 e. The molecule has 1 aliphatic heterocycles. The van der Waals surface area contributed by atoms with Gasteiger partial charge in [-0.25, -0.2) is 0 Å². The van der Waals surface area contributed by atoms with Crippen molar-refractivity contribution in [3.63, 3.8) is 0 Å². The maximum atomic E-state index is 12.6. The summed E-state index contributed by atoms with van der Waals surface area (Å²) in [6, 6.07) is 10.3. The fourth-order valence-electron chi connectivity index (χ4n) is 3.12. The second kappa shape index (κ2) is 8.62. The molecule has 1 aliphatic rings. The van der Waals surface area contributed by atoms with Crippen LogP contribution in [-0.2, 0) is 9.53 Å². The third-order valence-corrected chi connectivity index (χ3v) is 6.07. The number of aryl methyl sites for hydroxylation is 1. The number of hydrogen-bond donors (Lipinski definition) is 0. The summed E-state index contributed by atoms with van der Waals surface area (Å²) in [5.74, 6) is -0.222. The number of hydrogen-bond acceptors (Lipinski definition) is 4. The standard InChI is InChI=1S/C20H21IN2O3S/c1-13-11-15(14(2)23(13)17-7-5-16(21)6-8-17)12-18-19(24)22(20(25)27-18)9-4-10-26-3/h5-8,11-12H,4,9-10H2,1-3H3/b18-12-. The second-order valence-corrected chi connectivity index (χ2v) is 8.56. The number of amides is 2. The number of carbonyl (C=O) groups excluding carboxylic acids is 2. The molecular weight excluding hydrogens is 475 g/mol. The summed E-state index contributed by atoms with van der Waals surface area (Å²) in [4.78, 5) is 26.5. The van der Waals surface area contributed by atoms with Crippen LogP contribution in [0.15, 0.2) is 35.2 Å². The van der Waals surface area contributed by atoms with Crippen LogP contribution in [-0.4, -0.2) is 40.9 Å². The smallest absolute Gasteiger partial charge is 0.293 e. The zero-order chi connectivity index (χ0) is 19.6. The molecule has 0 saturated carbocycles. The SMILES string of the molecule is COCCCN1C(=O)S/C(=C\c2cc(C)n(-c3ccc(I)cc3)c2C)C1=O. The highest BCUT2D eigenvalue weighted by Crippen LogP contribution is 2.33. The normalized spacial score (nSPS) is 16.0. The highest BCUT2D eigenvalue weighted by atomic mass is 127. The van der Waals surface area contributed by atoms with Crippen LogP contribution >= 0.6 is 34.4 Å². The van der Waals surface area contributed by atoms with Crippen LogP contribution < -0.4 is 0 Å². The molecule has 0 aliphatic carbocycles.